The Bertz CT molecular complexity index is 1210. The fourth-order valence-corrected chi connectivity index (χ4v) is 3.47. The Morgan fingerprint density at radius 2 is 1.75 bits per heavy atom. The Hall–Kier alpha value is -2.52. The van der Waals surface area contributed by atoms with E-state index in [0.717, 1.165) is 18.2 Å². The molecule has 3 rings (SSSR count). The van der Waals surface area contributed by atoms with E-state index >= 15 is 0 Å². The van der Waals surface area contributed by atoms with Gasteiger partial charge < -0.3 is 9.73 Å². The van der Waals surface area contributed by atoms with E-state index in [0.29, 0.717) is 27.1 Å². The fourth-order valence-electron chi connectivity index (χ4n) is 2.53. The maximum atomic E-state index is 12.7. The molecule has 166 valence electrons. The van der Waals surface area contributed by atoms with Gasteiger partial charge in [-0.25, -0.2) is 0 Å². The van der Waals surface area contributed by atoms with Crippen molar-refractivity contribution in [1.82, 2.24) is 5.32 Å². The first-order valence-electron chi connectivity index (χ1n) is 8.75. The van der Waals surface area contributed by atoms with Gasteiger partial charge in [0.15, 0.2) is 5.11 Å². The van der Waals surface area contributed by atoms with Gasteiger partial charge in [0.05, 0.1) is 21.3 Å². The van der Waals surface area contributed by atoms with E-state index in [1.807, 2.05) is 0 Å². The number of halogens is 6. The number of furan rings is 1. The van der Waals surface area contributed by atoms with Crippen molar-refractivity contribution in [3.05, 3.63) is 81.0 Å². The van der Waals surface area contributed by atoms with Crippen LogP contribution in [0.2, 0.25) is 15.1 Å². The highest BCUT2D eigenvalue weighted by Gasteiger charge is 2.30. The molecule has 0 saturated heterocycles. The molecule has 32 heavy (non-hydrogen) atoms. The van der Waals surface area contributed by atoms with Gasteiger partial charge in [0, 0.05) is 16.7 Å². The van der Waals surface area contributed by atoms with Crippen molar-refractivity contribution < 1.29 is 22.4 Å². The van der Waals surface area contributed by atoms with Gasteiger partial charge in [0.1, 0.15) is 11.5 Å². The monoisotopic (exact) mass is 518 g/mol. The molecule has 0 fully saturated rings. The van der Waals surface area contributed by atoms with Gasteiger partial charge in [-0.1, -0.05) is 34.8 Å². The van der Waals surface area contributed by atoms with Crippen molar-refractivity contribution in [2.45, 2.75) is 6.18 Å². The van der Waals surface area contributed by atoms with Crippen molar-refractivity contribution in [1.29, 1.82) is 0 Å². The van der Waals surface area contributed by atoms with E-state index in [4.69, 9.17) is 51.4 Å². The molecule has 0 unspecified atom stereocenters. The van der Waals surface area contributed by atoms with Crippen LogP contribution >= 0.6 is 47.0 Å². The van der Waals surface area contributed by atoms with Gasteiger partial charge >= 0.3 is 6.18 Å². The molecule has 11 heteroatoms. The van der Waals surface area contributed by atoms with Gasteiger partial charge in [0.25, 0.3) is 0 Å². The van der Waals surface area contributed by atoms with Crippen LogP contribution in [-0.4, -0.2) is 11.0 Å². The summed E-state index contributed by atoms with van der Waals surface area (Å²) in [5.41, 5.74) is -0.146. The topological polar surface area (TPSA) is 54.3 Å². The largest absolute Gasteiger partial charge is 0.457 e. The molecule has 0 aliphatic heterocycles. The summed E-state index contributed by atoms with van der Waals surface area (Å²) in [7, 11) is 0. The highest BCUT2D eigenvalue weighted by molar-refractivity contribution is 7.80. The molecular weight excluding hydrogens is 508 g/mol. The van der Waals surface area contributed by atoms with Crippen LogP contribution in [0.4, 0.5) is 18.9 Å². The second kappa shape index (κ2) is 9.95. The third-order valence-electron chi connectivity index (χ3n) is 4.00. The summed E-state index contributed by atoms with van der Waals surface area (Å²) in [5, 5.41) is 5.50. The van der Waals surface area contributed by atoms with Crippen molar-refractivity contribution in [3.63, 3.8) is 0 Å². The predicted molar refractivity (Wildman–Crippen MR) is 124 cm³/mol. The number of anilines is 1. The normalized spacial score (nSPS) is 11.6. The van der Waals surface area contributed by atoms with Crippen molar-refractivity contribution in [2.75, 3.05) is 5.32 Å². The summed E-state index contributed by atoms with van der Waals surface area (Å²) >= 11 is 22.9. The number of benzene rings is 2. The highest BCUT2D eigenvalue weighted by Crippen LogP contribution is 2.34. The number of rotatable bonds is 4. The molecule has 0 spiro atoms. The lowest BCUT2D eigenvalue weighted by molar-refractivity contribution is -0.137. The molecule has 2 aromatic carbocycles. The van der Waals surface area contributed by atoms with Crippen LogP contribution in [0.15, 0.2) is 59.0 Å². The molecule has 0 saturated carbocycles. The first-order valence-corrected chi connectivity index (χ1v) is 10.3. The van der Waals surface area contributed by atoms with E-state index in [1.54, 1.807) is 30.3 Å². The smallest absolute Gasteiger partial charge is 0.416 e. The maximum Gasteiger partial charge on any atom is 0.416 e. The minimum atomic E-state index is -4.52. The number of nitrogens with one attached hydrogen (secondary N) is 2. The van der Waals surface area contributed by atoms with Gasteiger partial charge in [-0.05, 0) is 66.8 Å². The van der Waals surface area contributed by atoms with Crippen LogP contribution in [0.1, 0.15) is 11.3 Å². The fraction of sp³-hybridized carbons (Fsp3) is 0.0476. The molecule has 0 atom stereocenters. The van der Waals surface area contributed by atoms with Gasteiger partial charge in [-0.15, -0.1) is 0 Å². The van der Waals surface area contributed by atoms with Gasteiger partial charge in [0.2, 0.25) is 5.91 Å². The Morgan fingerprint density at radius 1 is 1.00 bits per heavy atom. The molecule has 2 N–H and O–H groups in total. The summed E-state index contributed by atoms with van der Waals surface area (Å²) < 4.78 is 43.8. The molecule has 0 bridgehead atoms. The summed E-state index contributed by atoms with van der Waals surface area (Å²) in [6.45, 7) is 0. The number of amides is 1. The quantitative estimate of drug-likeness (QED) is 0.278. The zero-order chi connectivity index (χ0) is 23.5. The first-order chi connectivity index (χ1) is 15.0. The number of thiocarbonyl (C=S) groups is 1. The Balaban J connectivity index is 1.60. The first kappa shape index (κ1) is 24.1. The molecule has 1 amide bonds. The summed E-state index contributed by atoms with van der Waals surface area (Å²) in [5.74, 6) is 0.277. The molecular formula is C21H12Cl3F3N2O2S. The van der Waals surface area contributed by atoms with Crippen LogP contribution < -0.4 is 10.6 Å². The maximum absolute atomic E-state index is 12.7. The number of hydrogen-bond acceptors (Lipinski definition) is 3. The van der Waals surface area contributed by atoms with Gasteiger partial charge in [-0.3, -0.25) is 10.1 Å². The molecule has 0 radical (unpaired) electrons. The van der Waals surface area contributed by atoms with Crippen molar-refractivity contribution in [2.24, 2.45) is 0 Å². The molecule has 0 aliphatic carbocycles. The van der Waals surface area contributed by atoms with Crippen molar-refractivity contribution >= 4 is 69.8 Å². The zero-order valence-corrected chi connectivity index (χ0v) is 18.9. The van der Waals surface area contributed by atoms with E-state index < -0.39 is 17.6 Å². The Kier molecular flexibility index (Phi) is 7.51. The molecule has 4 nitrogen and oxygen atoms in total. The van der Waals surface area contributed by atoms with Crippen LogP contribution in [0, 0.1) is 0 Å². The van der Waals surface area contributed by atoms with Crippen LogP contribution in [0.3, 0.4) is 0 Å². The minimum absolute atomic E-state index is 0.115. The minimum Gasteiger partial charge on any atom is -0.457 e. The van der Waals surface area contributed by atoms with E-state index in [2.05, 4.69) is 10.6 Å². The lowest BCUT2D eigenvalue weighted by atomic mass is 10.2. The predicted octanol–water partition coefficient (Wildman–Crippen LogP) is 7.45. The average Bonchev–Trinajstić information content (AvgIpc) is 3.16. The number of hydrogen-bond donors (Lipinski definition) is 2. The van der Waals surface area contributed by atoms with Crippen LogP contribution in [0.5, 0.6) is 0 Å². The average molecular weight is 520 g/mol. The molecule has 3 aromatic rings. The second-order valence-corrected chi connectivity index (χ2v) is 7.95. The third-order valence-corrected chi connectivity index (χ3v) is 5.07. The summed E-state index contributed by atoms with van der Waals surface area (Å²) in [4.78, 5) is 12.1. The molecule has 1 aromatic heterocycles. The van der Waals surface area contributed by atoms with Crippen molar-refractivity contribution in [3.8, 4) is 11.3 Å². The SMILES string of the molecule is O=C(/C=C/c1ccc(-c2ccc(Cl)cc2Cl)o1)NC(=S)Nc1ccc(C(F)(F)F)cc1Cl. The highest BCUT2D eigenvalue weighted by atomic mass is 35.5. The Labute approximate surface area is 201 Å². The second-order valence-electron chi connectivity index (χ2n) is 6.30. The van der Waals surface area contributed by atoms with Crippen LogP contribution in [-0.2, 0) is 11.0 Å². The molecule has 1 heterocycles. The van der Waals surface area contributed by atoms with E-state index in [9.17, 15) is 18.0 Å². The van der Waals surface area contributed by atoms with Crippen LogP contribution in [0.25, 0.3) is 17.4 Å². The number of carbonyl (C=O) groups excluding carboxylic acids is 1. The van der Waals surface area contributed by atoms with E-state index in [-0.39, 0.29) is 15.8 Å². The van der Waals surface area contributed by atoms with Gasteiger partial charge in [-0.2, -0.15) is 13.2 Å². The molecule has 0 aliphatic rings. The Morgan fingerprint density at radius 3 is 2.41 bits per heavy atom. The standard InChI is InChI=1S/C21H12Cl3F3N2O2S/c22-12-2-5-14(15(23)10-12)18-7-3-13(31-18)4-8-19(30)29-20(32)28-17-6-1-11(9-16(17)24)21(25,26)27/h1-10H,(H2,28,29,30,32)/b8-4+. The summed E-state index contributed by atoms with van der Waals surface area (Å²) in [6.07, 6.45) is -1.93. The zero-order valence-electron chi connectivity index (χ0n) is 15.8. The van der Waals surface area contributed by atoms with E-state index in [1.165, 1.54) is 12.2 Å². The number of carbonyl (C=O) groups is 1. The third kappa shape index (κ3) is 6.26. The number of alkyl halides is 3. The summed E-state index contributed by atoms with van der Waals surface area (Å²) in [6, 6.07) is 11.0. The lowest BCUT2D eigenvalue weighted by Crippen LogP contribution is -2.32. The lowest BCUT2D eigenvalue weighted by Gasteiger charge is -2.12.